The van der Waals surface area contributed by atoms with Gasteiger partial charge >= 0.3 is 0 Å². The van der Waals surface area contributed by atoms with Crippen molar-refractivity contribution in [3.63, 3.8) is 0 Å². The Bertz CT molecular complexity index is 671. The van der Waals surface area contributed by atoms with E-state index in [2.05, 4.69) is 10.6 Å². The summed E-state index contributed by atoms with van der Waals surface area (Å²) in [4.78, 5) is 14.7. The monoisotopic (exact) mass is 371 g/mol. The predicted octanol–water partition coefficient (Wildman–Crippen LogP) is 3.65. The molecule has 0 saturated heterocycles. The summed E-state index contributed by atoms with van der Waals surface area (Å²) in [6.07, 6.45) is 0. The number of allylic oxidation sites excluding steroid dienone is 1. The Hall–Kier alpha value is -1.30. The van der Waals surface area contributed by atoms with Crippen LogP contribution in [0.25, 0.3) is 0 Å². The van der Waals surface area contributed by atoms with Gasteiger partial charge in [0.2, 0.25) is 0 Å². The van der Waals surface area contributed by atoms with E-state index in [1.165, 1.54) is 0 Å². The molecule has 1 atom stereocenters. The summed E-state index contributed by atoms with van der Waals surface area (Å²) in [7, 11) is 0. The van der Waals surface area contributed by atoms with E-state index in [0.29, 0.717) is 33.8 Å². The van der Waals surface area contributed by atoms with Gasteiger partial charge in [-0.15, -0.1) is 0 Å². The van der Waals surface area contributed by atoms with E-state index in [0.717, 1.165) is 11.3 Å². The normalized spacial score (nSPS) is 17.6. The molecule has 0 spiro atoms. The Morgan fingerprint density at radius 1 is 1.26 bits per heavy atom. The number of carbonyl (C=O) groups is 1. The maximum Gasteiger partial charge on any atom is 0.253 e. The van der Waals surface area contributed by atoms with Crippen molar-refractivity contribution >= 4 is 46.4 Å². The molecule has 1 aromatic rings. The number of amides is 1. The third kappa shape index (κ3) is 3.79. The topological polar surface area (TPSA) is 44.4 Å². The third-order valence-corrected chi connectivity index (χ3v) is 4.79. The summed E-state index contributed by atoms with van der Waals surface area (Å²) >= 11 is 17.4. The SMILES string of the molecule is CCN(CC)C(=O)C1=C(C)NC(=S)N[C@@H]1c1ccc(Cl)c(Cl)c1. The fourth-order valence-electron chi connectivity index (χ4n) is 2.60. The van der Waals surface area contributed by atoms with Gasteiger partial charge in [-0.05, 0) is 50.7 Å². The average Bonchev–Trinajstić information content (AvgIpc) is 2.50. The number of nitrogens with zero attached hydrogens (tertiary/aromatic N) is 1. The first-order valence-electron chi connectivity index (χ1n) is 7.41. The zero-order chi connectivity index (χ0) is 17.1. The summed E-state index contributed by atoms with van der Waals surface area (Å²) in [5.74, 6) is -0.0222. The van der Waals surface area contributed by atoms with Gasteiger partial charge in [0.05, 0.1) is 21.7 Å². The van der Waals surface area contributed by atoms with Gasteiger partial charge in [-0.25, -0.2) is 0 Å². The molecule has 23 heavy (non-hydrogen) atoms. The van der Waals surface area contributed by atoms with Crippen molar-refractivity contribution in [1.29, 1.82) is 0 Å². The van der Waals surface area contributed by atoms with Crippen molar-refractivity contribution < 1.29 is 4.79 Å². The van der Waals surface area contributed by atoms with E-state index in [1.807, 2.05) is 26.8 Å². The largest absolute Gasteiger partial charge is 0.351 e. The molecule has 1 amide bonds. The molecular weight excluding hydrogens is 353 g/mol. The molecule has 2 rings (SSSR count). The number of hydrogen-bond acceptors (Lipinski definition) is 2. The highest BCUT2D eigenvalue weighted by atomic mass is 35.5. The van der Waals surface area contributed by atoms with Gasteiger partial charge in [-0.3, -0.25) is 4.79 Å². The molecule has 2 N–H and O–H groups in total. The molecule has 1 aliphatic heterocycles. The second-order valence-corrected chi connectivity index (χ2v) is 6.44. The van der Waals surface area contributed by atoms with E-state index in [4.69, 9.17) is 35.4 Å². The van der Waals surface area contributed by atoms with E-state index in [-0.39, 0.29) is 11.9 Å². The van der Waals surface area contributed by atoms with Crippen LogP contribution in [0.3, 0.4) is 0 Å². The van der Waals surface area contributed by atoms with Crippen LogP contribution in [0.15, 0.2) is 29.5 Å². The highest BCUT2D eigenvalue weighted by Crippen LogP contribution is 2.32. The number of carbonyl (C=O) groups excluding carboxylic acids is 1. The summed E-state index contributed by atoms with van der Waals surface area (Å²) in [6.45, 7) is 7.06. The Morgan fingerprint density at radius 2 is 1.91 bits per heavy atom. The molecule has 0 bridgehead atoms. The van der Waals surface area contributed by atoms with Crippen molar-refractivity contribution in [3.8, 4) is 0 Å². The number of thiocarbonyl (C=S) groups is 1. The van der Waals surface area contributed by atoms with Gasteiger partial charge < -0.3 is 15.5 Å². The van der Waals surface area contributed by atoms with Gasteiger partial charge in [0.15, 0.2) is 5.11 Å². The molecule has 4 nitrogen and oxygen atoms in total. The standard InChI is InChI=1S/C16H19Cl2N3OS/c1-4-21(5-2)15(22)13-9(3)19-16(23)20-14(13)10-6-7-11(17)12(18)8-10/h6-8,14H,4-5H2,1-3H3,(H2,19,20,23)/t14-/m1/s1. The van der Waals surface area contributed by atoms with Gasteiger partial charge in [0.1, 0.15) is 0 Å². The van der Waals surface area contributed by atoms with Gasteiger partial charge in [0.25, 0.3) is 5.91 Å². The Balaban J connectivity index is 2.49. The molecule has 1 aromatic carbocycles. The lowest BCUT2D eigenvalue weighted by Crippen LogP contribution is -2.47. The number of benzene rings is 1. The molecule has 0 fully saturated rings. The van der Waals surface area contributed by atoms with Crippen LogP contribution in [-0.4, -0.2) is 29.0 Å². The van der Waals surface area contributed by atoms with Crippen molar-refractivity contribution in [2.75, 3.05) is 13.1 Å². The maximum atomic E-state index is 12.9. The van der Waals surface area contributed by atoms with E-state index in [1.54, 1.807) is 17.0 Å². The minimum Gasteiger partial charge on any atom is -0.351 e. The Morgan fingerprint density at radius 3 is 2.48 bits per heavy atom. The van der Waals surface area contributed by atoms with Crippen LogP contribution in [-0.2, 0) is 4.79 Å². The van der Waals surface area contributed by atoms with Gasteiger partial charge in [0, 0.05) is 18.8 Å². The minimum absolute atomic E-state index is 0.0222. The minimum atomic E-state index is -0.355. The number of likely N-dealkylation sites (N-methyl/N-ethyl adjacent to an activating group) is 1. The van der Waals surface area contributed by atoms with Gasteiger partial charge in [-0.1, -0.05) is 29.3 Å². The molecule has 0 saturated carbocycles. The molecular formula is C16H19Cl2N3OS. The van der Waals surface area contributed by atoms with Crippen LogP contribution in [0, 0.1) is 0 Å². The first-order chi connectivity index (χ1) is 10.9. The van der Waals surface area contributed by atoms with E-state index in [9.17, 15) is 4.79 Å². The first-order valence-corrected chi connectivity index (χ1v) is 8.57. The molecule has 1 aliphatic rings. The summed E-state index contributed by atoms with van der Waals surface area (Å²) in [5.41, 5.74) is 2.24. The summed E-state index contributed by atoms with van der Waals surface area (Å²) in [5, 5.41) is 7.59. The number of halogens is 2. The van der Waals surface area contributed by atoms with Crippen molar-refractivity contribution in [2.45, 2.75) is 26.8 Å². The van der Waals surface area contributed by atoms with Crippen LogP contribution < -0.4 is 10.6 Å². The summed E-state index contributed by atoms with van der Waals surface area (Å²) < 4.78 is 0. The smallest absolute Gasteiger partial charge is 0.253 e. The zero-order valence-electron chi connectivity index (χ0n) is 13.2. The van der Waals surface area contributed by atoms with Crippen molar-refractivity contribution in [3.05, 3.63) is 45.1 Å². The second kappa shape index (κ2) is 7.51. The highest BCUT2D eigenvalue weighted by molar-refractivity contribution is 7.80. The quantitative estimate of drug-likeness (QED) is 0.792. The molecule has 0 radical (unpaired) electrons. The van der Waals surface area contributed by atoms with Crippen LogP contribution in [0.1, 0.15) is 32.4 Å². The fourth-order valence-corrected chi connectivity index (χ4v) is 3.18. The fraction of sp³-hybridized carbons (Fsp3) is 0.375. The molecule has 0 aromatic heterocycles. The van der Waals surface area contributed by atoms with Crippen molar-refractivity contribution in [1.82, 2.24) is 15.5 Å². The zero-order valence-corrected chi connectivity index (χ0v) is 15.6. The lowest BCUT2D eigenvalue weighted by Gasteiger charge is -2.33. The lowest BCUT2D eigenvalue weighted by molar-refractivity contribution is -0.127. The molecule has 7 heteroatoms. The number of hydrogen-bond donors (Lipinski definition) is 2. The molecule has 0 unspecified atom stereocenters. The first kappa shape index (κ1) is 18.0. The van der Waals surface area contributed by atoms with Crippen molar-refractivity contribution in [2.24, 2.45) is 0 Å². The average molecular weight is 372 g/mol. The molecule has 124 valence electrons. The maximum absolute atomic E-state index is 12.9. The third-order valence-electron chi connectivity index (χ3n) is 3.83. The summed E-state index contributed by atoms with van der Waals surface area (Å²) in [6, 6.07) is 4.98. The molecule has 0 aliphatic carbocycles. The number of nitrogens with one attached hydrogen (secondary N) is 2. The van der Waals surface area contributed by atoms with Crippen LogP contribution in [0.4, 0.5) is 0 Å². The Labute approximate surface area is 151 Å². The van der Waals surface area contributed by atoms with E-state index < -0.39 is 0 Å². The second-order valence-electron chi connectivity index (χ2n) is 5.22. The van der Waals surface area contributed by atoms with Crippen LogP contribution in [0.2, 0.25) is 10.0 Å². The highest BCUT2D eigenvalue weighted by Gasteiger charge is 2.32. The Kier molecular flexibility index (Phi) is 5.89. The lowest BCUT2D eigenvalue weighted by atomic mass is 9.94. The van der Waals surface area contributed by atoms with Crippen LogP contribution in [0.5, 0.6) is 0 Å². The number of rotatable bonds is 4. The van der Waals surface area contributed by atoms with Gasteiger partial charge in [-0.2, -0.15) is 0 Å². The predicted molar refractivity (Wildman–Crippen MR) is 98.7 cm³/mol. The van der Waals surface area contributed by atoms with E-state index >= 15 is 0 Å². The molecule has 1 heterocycles. The van der Waals surface area contributed by atoms with Crippen LogP contribution >= 0.6 is 35.4 Å².